The van der Waals surface area contributed by atoms with Gasteiger partial charge in [0.2, 0.25) is 5.91 Å². The van der Waals surface area contributed by atoms with Gasteiger partial charge < -0.3 is 10.4 Å². The van der Waals surface area contributed by atoms with Crippen molar-refractivity contribution in [1.29, 1.82) is 0 Å². The third kappa shape index (κ3) is 31.0. The van der Waals surface area contributed by atoms with Crippen molar-refractivity contribution in [2.45, 2.75) is 142 Å². The molecule has 0 saturated carbocycles. The third-order valence-corrected chi connectivity index (χ3v) is 7.62. The van der Waals surface area contributed by atoms with Gasteiger partial charge >= 0.3 is 0 Å². The molecule has 0 spiro atoms. The van der Waals surface area contributed by atoms with Gasteiger partial charge in [-0.05, 0) is 77.0 Å². The molecule has 0 saturated heterocycles. The molecule has 3 N–H and O–H groups in total. The fraction of sp³-hybridized carbons (Fsp3) is 0.639. The van der Waals surface area contributed by atoms with Crippen LogP contribution in [0.5, 0.6) is 0 Å². The number of carbonyl (C=O) groups is 1. The van der Waals surface area contributed by atoms with Gasteiger partial charge in [-0.25, -0.2) is 0 Å². The standard InChI is InChI=1S/C36H61NO5S/c1-3-5-7-9-11-13-15-17-18-20-21-23-25-27-29-31-35(38)34(33-43(40,41)42)37-36(39)32-30-28-26-24-22-19-16-14-12-10-8-6-4-2/h6,8,12,14-15,17,19,21-23,29,31,34-35,38H,3-5,7,9-11,13,16,18,20,24-28,30,32-33H2,1-2H3,(H,37,39)(H,40,41,42)/b8-6-,14-12-,17-15+,22-19-,23-21+,31-29+. The lowest BCUT2D eigenvalue weighted by atomic mass is 10.1. The van der Waals surface area contributed by atoms with Gasteiger partial charge in [-0.3, -0.25) is 9.35 Å². The van der Waals surface area contributed by atoms with Crippen molar-refractivity contribution >= 4 is 16.0 Å². The molecule has 0 aliphatic heterocycles. The minimum atomic E-state index is -4.36. The van der Waals surface area contributed by atoms with Gasteiger partial charge in [0.1, 0.15) is 0 Å². The number of hydrogen-bond acceptors (Lipinski definition) is 4. The van der Waals surface area contributed by atoms with E-state index < -0.39 is 28.0 Å². The van der Waals surface area contributed by atoms with Crippen molar-refractivity contribution in [2.75, 3.05) is 5.75 Å². The van der Waals surface area contributed by atoms with Crippen LogP contribution in [0.25, 0.3) is 0 Å². The molecule has 0 aromatic heterocycles. The fourth-order valence-corrected chi connectivity index (χ4v) is 5.11. The minimum Gasteiger partial charge on any atom is -0.387 e. The zero-order chi connectivity index (χ0) is 31.9. The third-order valence-electron chi connectivity index (χ3n) is 6.84. The van der Waals surface area contributed by atoms with Crippen LogP contribution < -0.4 is 5.32 Å². The Balaban J connectivity index is 4.22. The maximum absolute atomic E-state index is 12.4. The van der Waals surface area contributed by atoms with Crippen LogP contribution >= 0.6 is 0 Å². The highest BCUT2D eigenvalue weighted by Gasteiger charge is 2.24. The van der Waals surface area contributed by atoms with Gasteiger partial charge in [-0.15, -0.1) is 0 Å². The Kier molecular flexibility index (Phi) is 28.3. The van der Waals surface area contributed by atoms with E-state index in [1.165, 1.54) is 38.2 Å². The van der Waals surface area contributed by atoms with Crippen LogP contribution in [-0.2, 0) is 14.9 Å². The van der Waals surface area contributed by atoms with E-state index in [0.717, 1.165) is 64.2 Å². The highest BCUT2D eigenvalue weighted by atomic mass is 32.2. The summed E-state index contributed by atoms with van der Waals surface area (Å²) in [6, 6.07) is -1.10. The smallest absolute Gasteiger partial charge is 0.267 e. The molecule has 6 nitrogen and oxygen atoms in total. The molecule has 0 aromatic rings. The lowest BCUT2D eigenvalue weighted by Gasteiger charge is -2.21. The molecule has 43 heavy (non-hydrogen) atoms. The number of allylic oxidation sites excluding steroid dienone is 11. The van der Waals surface area contributed by atoms with Crippen molar-refractivity contribution in [3.8, 4) is 0 Å². The van der Waals surface area contributed by atoms with Gasteiger partial charge in [-0.1, -0.05) is 119 Å². The van der Waals surface area contributed by atoms with Gasteiger partial charge in [-0.2, -0.15) is 8.42 Å². The largest absolute Gasteiger partial charge is 0.387 e. The van der Waals surface area contributed by atoms with Crippen LogP contribution in [-0.4, -0.2) is 41.9 Å². The summed E-state index contributed by atoms with van der Waals surface area (Å²) < 4.78 is 32.2. The van der Waals surface area contributed by atoms with Gasteiger partial charge in [0.05, 0.1) is 17.9 Å². The Labute approximate surface area is 264 Å². The first kappa shape index (κ1) is 40.8. The summed E-state index contributed by atoms with van der Waals surface area (Å²) in [6.07, 6.45) is 41.7. The Morgan fingerprint density at radius 2 is 1.14 bits per heavy atom. The van der Waals surface area contributed by atoms with Crippen LogP contribution in [0.4, 0.5) is 0 Å². The van der Waals surface area contributed by atoms with Gasteiger partial charge in [0.25, 0.3) is 10.1 Å². The van der Waals surface area contributed by atoms with Gasteiger partial charge in [0.15, 0.2) is 0 Å². The predicted octanol–water partition coefficient (Wildman–Crippen LogP) is 9.12. The number of nitrogens with one attached hydrogen (secondary N) is 1. The molecule has 0 aromatic carbocycles. The molecule has 7 heteroatoms. The summed E-state index contributed by atoms with van der Waals surface area (Å²) >= 11 is 0. The van der Waals surface area contributed by atoms with E-state index in [1.807, 2.05) is 0 Å². The zero-order valence-corrected chi connectivity index (χ0v) is 27.9. The molecule has 0 aliphatic rings. The van der Waals surface area contributed by atoms with E-state index in [0.29, 0.717) is 12.8 Å². The quantitative estimate of drug-likeness (QED) is 0.0460. The second-order valence-corrected chi connectivity index (χ2v) is 12.5. The maximum atomic E-state index is 12.4. The van der Waals surface area contributed by atoms with Crippen molar-refractivity contribution in [1.82, 2.24) is 5.32 Å². The first-order valence-corrected chi connectivity index (χ1v) is 18.2. The van der Waals surface area contributed by atoms with Crippen molar-refractivity contribution in [2.24, 2.45) is 0 Å². The Morgan fingerprint density at radius 3 is 1.72 bits per heavy atom. The average molecular weight is 620 g/mol. The maximum Gasteiger partial charge on any atom is 0.267 e. The first-order chi connectivity index (χ1) is 20.8. The Hall–Kier alpha value is -2.22. The highest BCUT2D eigenvalue weighted by Crippen LogP contribution is 2.08. The SMILES string of the molecule is CC/C=C\C/C=C\C/C=C\CCCCCC(=O)NC(CS(=O)(=O)O)C(O)/C=C/CC/C=C/CC/C=C/CCCCCCC. The minimum absolute atomic E-state index is 0.245. The molecule has 0 fully saturated rings. The number of amides is 1. The summed E-state index contributed by atoms with van der Waals surface area (Å²) in [7, 11) is -4.36. The van der Waals surface area contributed by atoms with E-state index in [1.54, 1.807) is 6.08 Å². The van der Waals surface area contributed by atoms with E-state index in [9.17, 15) is 22.9 Å². The normalized spacial score (nSPS) is 14.4. The molecule has 246 valence electrons. The second-order valence-electron chi connectivity index (χ2n) is 11.0. The monoisotopic (exact) mass is 619 g/mol. The van der Waals surface area contributed by atoms with Crippen LogP contribution in [0, 0.1) is 0 Å². The fourth-order valence-electron chi connectivity index (χ4n) is 4.37. The topological polar surface area (TPSA) is 104 Å². The molecule has 0 heterocycles. The molecule has 0 aliphatic carbocycles. The summed E-state index contributed by atoms with van der Waals surface area (Å²) in [4.78, 5) is 12.4. The van der Waals surface area contributed by atoms with E-state index >= 15 is 0 Å². The average Bonchev–Trinajstić information content (AvgIpc) is 2.96. The van der Waals surface area contributed by atoms with Crippen LogP contribution in [0.15, 0.2) is 72.9 Å². The van der Waals surface area contributed by atoms with Crippen LogP contribution in [0.3, 0.4) is 0 Å². The molecule has 0 bridgehead atoms. The lowest BCUT2D eigenvalue weighted by molar-refractivity contribution is -0.122. The lowest BCUT2D eigenvalue weighted by Crippen LogP contribution is -2.46. The molecule has 0 rings (SSSR count). The van der Waals surface area contributed by atoms with Crippen molar-refractivity contribution in [3.63, 3.8) is 0 Å². The molecular weight excluding hydrogens is 558 g/mol. The first-order valence-electron chi connectivity index (χ1n) is 16.6. The number of aliphatic hydroxyl groups is 1. The molecule has 1 amide bonds. The number of hydrogen-bond donors (Lipinski definition) is 3. The van der Waals surface area contributed by atoms with Crippen molar-refractivity contribution < 1.29 is 22.9 Å². The number of aliphatic hydroxyl groups excluding tert-OH is 1. The zero-order valence-electron chi connectivity index (χ0n) is 27.0. The highest BCUT2D eigenvalue weighted by molar-refractivity contribution is 7.85. The second kappa shape index (κ2) is 29.8. The summed E-state index contributed by atoms with van der Waals surface area (Å²) in [5, 5.41) is 13.1. The Bertz CT molecular complexity index is 947. The summed E-state index contributed by atoms with van der Waals surface area (Å²) in [5.74, 6) is -1.06. The molecular formula is C36H61NO5S. The van der Waals surface area contributed by atoms with E-state index in [-0.39, 0.29) is 12.3 Å². The van der Waals surface area contributed by atoms with Crippen LogP contribution in [0.1, 0.15) is 129 Å². The number of carbonyl (C=O) groups excluding carboxylic acids is 1. The molecule has 0 radical (unpaired) electrons. The predicted molar refractivity (Wildman–Crippen MR) is 184 cm³/mol. The molecule has 2 atom stereocenters. The Morgan fingerprint density at radius 1 is 0.651 bits per heavy atom. The number of rotatable bonds is 28. The summed E-state index contributed by atoms with van der Waals surface area (Å²) in [6.45, 7) is 4.36. The number of unbranched alkanes of at least 4 members (excludes halogenated alkanes) is 10. The van der Waals surface area contributed by atoms with Crippen molar-refractivity contribution in [3.05, 3.63) is 72.9 Å². The molecule has 2 unspecified atom stereocenters. The van der Waals surface area contributed by atoms with E-state index in [4.69, 9.17) is 0 Å². The summed E-state index contributed by atoms with van der Waals surface area (Å²) in [5.41, 5.74) is 0. The van der Waals surface area contributed by atoms with E-state index in [2.05, 4.69) is 79.9 Å². The van der Waals surface area contributed by atoms with Gasteiger partial charge in [0, 0.05) is 6.42 Å². The van der Waals surface area contributed by atoms with Crippen LogP contribution in [0.2, 0.25) is 0 Å².